The summed E-state index contributed by atoms with van der Waals surface area (Å²) in [5.41, 5.74) is 3.50. The Balaban J connectivity index is 1.33. The van der Waals surface area contributed by atoms with Gasteiger partial charge in [0.15, 0.2) is 0 Å². The summed E-state index contributed by atoms with van der Waals surface area (Å²) in [4.78, 5) is 18.8. The van der Waals surface area contributed by atoms with Crippen molar-refractivity contribution in [2.24, 2.45) is 0 Å². The molecule has 0 spiro atoms. The number of anilines is 1. The molecular formula is C21H22N4O. The van der Waals surface area contributed by atoms with Crippen molar-refractivity contribution >= 4 is 11.7 Å². The maximum atomic E-state index is 12.5. The van der Waals surface area contributed by atoms with E-state index in [2.05, 4.69) is 33.1 Å². The van der Waals surface area contributed by atoms with E-state index in [0.717, 1.165) is 31.0 Å². The second kappa shape index (κ2) is 7.44. The van der Waals surface area contributed by atoms with Crippen LogP contribution < -0.4 is 10.2 Å². The van der Waals surface area contributed by atoms with Gasteiger partial charge in [-0.2, -0.15) is 0 Å². The number of amides is 2. The normalized spacial score (nSPS) is 12.8. The van der Waals surface area contributed by atoms with Crippen molar-refractivity contribution in [1.29, 1.82) is 0 Å². The number of aromatic nitrogens is 2. The molecule has 1 aliphatic heterocycles. The lowest BCUT2D eigenvalue weighted by molar-refractivity contribution is 0.247. The minimum absolute atomic E-state index is 0.0314. The molecule has 2 amide bonds. The first-order chi connectivity index (χ1) is 12.8. The van der Waals surface area contributed by atoms with Crippen LogP contribution in [0.4, 0.5) is 10.5 Å². The van der Waals surface area contributed by atoms with Gasteiger partial charge in [-0.05, 0) is 23.6 Å². The molecule has 0 radical (unpaired) electrons. The van der Waals surface area contributed by atoms with Crippen molar-refractivity contribution in [3.05, 3.63) is 83.9 Å². The molecular weight excluding hydrogens is 324 g/mol. The molecule has 0 fully saturated rings. The SMILES string of the molecule is O=C(NCCc1nccn1Cc1ccccc1)N1CCc2ccccc21. The lowest BCUT2D eigenvalue weighted by atomic mass is 10.2. The van der Waals surface area contributed by atoms with Crippen LogP contribution in [0.5, 0.6) is 0 Å². The molecule has 0 atom stereocenters. The molecule has 0 aliphatic carbocycles. The summed E-state index contributed by atoms with van der Waals surface area (Å²) >= 11 is 0. The summed E-state index contributed by atoms with van der Waals surface area (Å²) < 4.78 is 2.13. The highest BCUT2D eigenvalue weighted by molar-refractivity contribution is 5.94. The number of nitrogens with one attached hydrogen (secondary N) is 1. The van der Waals surface area contributed by atoms with Crippen LogP contribution in [0.1, 0.15) is 17.0 Å². The zero-order valence-corrected chi connectivity index (χ0v) is 14.6. The zero-order chi connectivity index (χ0) is 17.8. The van der Waals surface area contributed by atoms with E-state index in [1.807, 2.05) is 53.7 Å². The van der Waals surface area contributed by atoms with Gasteiger partial charge in [0.05, 0.1) is 0 Å². The molecule has 0 bridgehead atoms. The van der Waals surface area contributed by atoms with Gasteiger partial charge in [-0.15, -0.1) is 0 Å². The van der Waals surface area contributed by atoms with Gasteiger partial charge in [0.2, 0.25) is 0 Å². The standard InChI is InChI=1S/C21H22N4O/c26-21(25-14-11-18-8-4-5-9-19(18)25)23-12-10-20-22-13-15-24(20)16-17-6-2-1-3-7-17/h1-9,13,15H,10-12,14,16H2,(H,23,26). The molecule has 5 nitrogen and oxygen atoms in total. The van der Waals surface area contributed by atoms with Crippen molar-refractivity contribution < 1.29 is 4.79 Å². The zero-order valence-electron chi connectivity index (χ0n) is 14.6. The predicted molar refractivity (Wildman–Crippen MR) is 102 cm³/mol. The fourth-order valence-electron chi connectivity index (χ4n) is 3.42. The fraction of sp³-hybridized carbons (Fsp3) is 0.238. The van der Waals surface area contributed by atoms with Crippen LogP contribution in [0.3, 0.4) is 0 Å². The summed E-state index contributed by atoms with van der Waals surface area (Å²) in [6.07, 6.45) is 5.43. The van der Waals surface area contributed by atoms with Gasteiger partial charge in [-0.25, -0.2) is 9.78 Å². The molecule has 132 valence electrons. The Hall–Kier alpha value is -3.08. The van der Waals surface area contributed by atoms with Crippen LogP contribution in [-0.4, -0.2) is 28.7 Å². The van der Waals surface area contributed by atoms with Gasteiger partial charge in [-0.1, -0.05) is 48.5 Å². The average Bonchev–Trinajstić information content (AvgIpc) is 3.29. The van der Waals surface area contributed by atoms with Crippen molar-refractivity contribution in [3.63, 3.8) is 0 Å². The third-order valence-corrected chi connectivity index (χ3v) is 4.75. The molecule has 26 heavy (non-hydrogen) atoms. The van der Waals surface area contributed by atoms with Crippen LogP contribution in [-0.2, 0) is 19.4 Å². The highest BCUT2D eigenvalue weighted by Gasteiger charge is 2.23. The number of hydrogen-bond acceptors (Lipinski definition) is 2. The molecule has 1 aliphatic rings. The Morgan fingerprint density at radius 1 is 1.08 bits per heavy atom. The van der Waals surface area contributed by atoms with E-state index >= 15 is 0 Å². The topological polar surface area (TPSA) is 50.2 Å². The first-order valence-electron chi connectivity index (χ1n) is 8.98. The van der Waals surface area contributed by atoms with E-state index in [9.17, 15) is 4.79 Å². The number of carbonyl (C=O) groups is 1. The molecule has 2 aromatic carbocycles. The summed E-state index contributed by atoms with van der Waals surface area (Å²) in [6, 6.07) is 18.4. The molecule has 0 saturated heterocycles. The van der Waals surface area contributed by atoms with E-state index in [1.165, 1.54) is 11.1 Å². The molecule has 3 aromatic rings. The minimum atomic E-state index is -0.0314. The Bertz CT molecular complexity index is 888. The van der Waals surface area contributed by atoms with Crippen LogP contribution >= 0.6 is 0 Å². The number of para-hydroxylation sites is 1. The van der Waals surface area contributed by atoms with Crippen LogP contribution in [0.25, 0.3) is 0 Å². The molecule has 1 aromatic heterocycles. The fourth-order valence-corrected chi connectivity index (χ4v) is 3.42. The quantitative estimate of drug-likeness (QED) is 0.771. The predicted octanol–water partition coefficient (Wildman–Crippen LogP) is 3.25. The molecule has 5 heteroatoms. The summed E-state index contributed by atoms with van der Waals surface area (Å²) in [6.45, 7) is 2.11. The second-order valence-corrected chi connectivity index (χ2v) is 6.47. The van der Waals surface area contributed by atoms with E-state index < -0.39 is 0 Å². The molecule has 0 unspecified atom stereocenters. The summed E-state index contributed by atoms with van der Waals surface area (Å²) in [5, 5.41) is 3.03. The number of imidazole rings is 1. The summed E-state index contributed by atoms with van der Waals surface area (Å²) in [7, 11) is 0. The Kier molecular flexibility index (Phi) is 4.69. The lowest BCUT2D eigenvalue weighted by Crippen LogP contribution is -2.40. The van der Waals surface area contributed by atoms with Gasteiger partial charge >= 0.3 is 6.03 Å². The highest BCUT2D eigenvalue weighted by atomic mass is 16.2. The van der Waals surface area contributed by atoms with Crippen molar-refractivity contribution in [2.45, 2.75) is 19.4 Å². The van der Waals surface area contributed by atoms with Crippen LogP contribution in [0, 0.1) is 0 Å². The van der Waals surface area contributed by atoms with Gasteiger partial charge in [0, 0.05) is 44.1 Å². The third-order valence-electron chi connectivity index (χ3n) is 4.75. The largest absolute Gasteiger partial charge is 0.337 e. The van der Waals surface area contributed by atoms with Crippen molar-refractivity contribution in [2.75, 3.05) is 18.0 Å². The Morgan fingerprint density at radius 2 is 1.88 bits per heavy atom. The number of hydrogen-bond donors (Lipinski definition) is 1. The van der Waals surface area contributed by atoms with Gasteiger partial charge in [0.25, 0.3) is 0 Å². The Labute approximate surface area is 153 Å². The number of urea groups is 1. The van der Waals surface area contributed by atoms with E-state index in [1.54, 1.807) is 0 Å². The number of fused-ring (bicyclic) bond motifs is 1. The molecule has 4 rings (SSSR count). The van der Waals surface area contributed by atoms with E-state index in [-0.39, 0.29) is 6.03 Å². The number of rotatable bonds is 5. The number of benzene rings is 2. The number of nitrogens with zero attached hydrogens (tertiary/aromatic N) is 3. The maximum absolute atomic E-state index is 12.5. The third kappa shape index (κ3) is 3.47. The summed E-state index contributed by atoms with van der Waals surface area (Å²) in [5.74, 6) is 0.982. The van der Waals surface area contributed by atoms with Gasteiger partial charge in [-0.3, -0.25) is 4.90 Å². The number of carbonyl (C=O) groups excluding carboxylic acids is 1. The monoisotopic (exact) mass is 346 g/mol. The van der Waals surface area contributed by atoms with Gasteiger partial charge < -0.3 is 9.88 Å². The van der Waals surface area contributed by atoms with Crippen LogP contribution in [0.15, 0.2) is 67.0 Å². The maximum Gasteiger partial charge on any atom is 0.321 e. The first-order valence-corrected chi connectivity index (χ1v) is 8.98. The van der Waals surface area contributed by atoms with Crippen molar-refractivity contribution in [1.82, 2.24) is 14.9 Å². The lowest BCUT2D eigenvalue weighted by Gasteiger charge is -2.18. The van der Waals surface area contributed by atoms with E-state index in [0.29, 0.717) is 13.0 Å². The highest BCUT2D eigenvalue weighted by Crippen LogP contribution is 2.27. The Morgan fingerprint density at radius 3 is 2.77 bits per heavy atom. The first kappa shape index (κ1) is 16.4. The molecule has 2 heterocycles. The van der Waals surface area contributed by atoms with E-state index in [4.69, 9.17) is 0 Å². The minimum Gasteiger partial charge on any atom is -0.337 e. The molecule has 1 N–H and O–H groups in total. The molecule has 0 saturated carbocycles. The average molecular weight is 346 g/mol. The smallest absolute Gasteiger partial charge is 0.321 e. The van der Waals surface area contributed by atoms with Crippen LogP contribution in [0.2, 0.25) is 0 Å². The second-order valence-electron chi connectivity index (χ2n) is 6.47. The van der Waals surface area contributed by atoms with Crippen molar-refractivity contribution in [3.8, 4) is 0 Å². The van der Waals surface area contributed by atoms with Gasteiger partial charge in [0.1, 0.15) is 5.82 Å².